The summed E-state index contributed by atoms with van der Waals surface area (Å²) in [6.45, 7) is 8.41. The second-order valence-electron chi connectivity index (χ2n) is 2.27. The van der Waals surface area contributed by atoms with E-state index in [1.807, 2.05) is 6.08 Å². The Morgan fingerprint density at radius 3 is 2.75 bits per heavy atom. The quantitative estimate of drug-likeness (QED) is 0.270. The van der Waals surface area contributed by atoms with Crippen LogP contribution in [0.1, 0.15) is 13.3 Å². The molecule has 0 N–H and O–H groups in total. The fourth-order valence-corrected chi connectivity index (χ4v) is 0.583. The summed E-state index contributed by atoms with van der Waals surface area (Å²) in [5, 5.41) is 0. The number of carbonyl (C=O) groups excluding carboxylic acids is 1. The molecule has 0 radical (unpaired) electrons. The normalized spacial score (nSPS) is 11.6. The topological polar surface area (TPSA) is 29.4 Å². The van der Waals surface area contributed by atoms with E-state index in [2.05, 4.69) is 18.3 Å². The number of hydrogen-bond acceptors (Lipinski definition) is 1. The van der Waals surface area contributed by atoms with Gasteiger partial charge in [-0.25, -0.2) is 4.99 Å². The molecule has 2 nitrogen and oxygen atoms in total. The van der Waals surface area contributed by atoms with Gasteiger partial charge < -0.3 is 0 Å². The van der Waals surface area contributed by atoms with Crippen LogP contribution in [0, 0.1) is 0 Å². The summed E-state index contributed by atoms with van der Waals surface area (Å²) < 4.78 is 0. The molecular formula is C10H13NO. The van der Waals surface area contributed by atoms with Crippen LogP contribution in [0.2, 0.25) is 0 Å². The Morgan fingerprint density at radius 1 is 1.58 bits per heavy atom. The number of carbonyl (C=O) groups is 1. The van der Waals surface area contributed by atoms with E-state index in [1.165, 1.54) is 0 Å². The molecule has 0 spiro atoms. The van der Waals surface area contributed by atoms with E-state index in [4.69, 9.17) is 0 Å². The molecule has 0 bridgehead atoms. The van der Waals surface area contributed by atoms with E-state index in [0.29, 0.717) is 5.57 Å². The van der Waals surface area contributed by atoms with E-state index < -0.39 is 0 Å². The average molecular weight is 163 g/mol. The van der Waals surface area contributed by atoms with E-state index in [9.17, 15) is 4.79 Å². The number of rotatable bonds is 4. The highest BCUT2D eigenvalue weighted by Crippen LogP contribution is 1.96. The highest BCUT2D eigenvalue weighted by Gasteiger charge is 1.95. The van der Waals surface area contributed by atoms with Crippen LogP contribution in [0.5, 0.6) is 0 Å². The first-order valence-electron chi connectivity index (χ1n) is 3.67. The molecule has 0 aliphatic heterocycles. The molecule has 0 aliphatic carbocycles. The highest BCUT2D eigenvalue weighted by molar-refractivity contribution is 5.95. The lowest BCUT2D eigenvalue weighted by molar-refractivity contribution is -0.114. The SMILES string of the molecule is C=CCC=CC=C(C)C(=O)N=C. The first-order valence-corrected chi connectivity index (χ1v) is 3.67. The lowest BCUT2D eigenvalue weighted by Crippen LogP contribution is -1.92. The van der Waals surface area contributed by atoms with Gasteiger partial charge in [-0.15, -0.1) is 6.58 Å². The van der Waals surface area contributed by atoms with Gasteiger partial charge in [-0.05, 0) is 20.1 Å². The van der Waals surface area contributed by atoms with Gasteiger partial charge in [0.2, 0.25) is 0 Å². The highest BCUT2D eigenvalue weighted by atomic mass is 16.1. The van der Waals surface area contributed by atoms with Crippen LogP contribution < -0.4 is 0 Å². The Morgan fingerprint density at radius 2 is 2.25 bits per heavy atom. The number of allylic oxidation sites excluding steroid dienone is 4. The largest absolute Gasteiger partial charge is 0.272 e. The second kappa shape index (κ2) is 6.28. The van der Waals surface area contributed by atoms with Gasteiger partial charge in [0, 0.05) is 5.57 Å². The van der Waals surface area contributed by atoms with Crippen LogP contribution in [0.3, 0.4) is 0 Å². The van der Waals surface area contributed by atoms with Crippen molar-refractivity contribution in [2.45, 2.75) is 13.3 Å². The van der Waals surface area contributed by atoms with Crippen molar-refractivity contribution in [2.24, 2.45) is 4.99 Å². The maximum absolute atomic E-state index is 10.8. The third-order valence-electron chi connectivity index (χ3n) is 1.27. The number of nitrogens with zero attached hydrogens (tertiary/aromatic N) is 1. The first kappa shape index (κ1) is 10.6. The summed E-state index contributed by atoms with van der Waals surface area (Å²) in [5.74, 6) is -0.279. The summed E-state index contributed by atoms with van der Waals surface area (Å²) in [5.41, 5.74) is 0.588. The van der Waals surface area contributed by atoms with Crippen molar-refractivity contribution in [1.82, 2.24) is 0 Å². The molecule has 0 rings (SSSR count). The van der Waals surface area contributed by atoms with Gasteiger partial charge >= 0.3 is 0 Å². The number of aliphatic imine (C=N–C) groups is 1. The predicted molar refractivity (Wildman–Crippen MR) is 52.3 cm³/mol. The van der Waals surface area contributed by atoms with Crippen molar-refractivity contribution < 1.29 is 4.79 Å². The van der Waals surface area contributed by atoms with Crippen LogP contribution in [-0.2, 0) is 4.79 Å². The van der Waals surface area contributed by atoms with Gasteiger partial charge in [0.15, 0.2) is 0 Å². The van der Waals surface area contributed by atoms with Gasteiger partial charge in [-0.1, -0.05) is 24.3 Å². The third-order valence-corrected chi connectivity index (χ3v) is 1.27. The van der Waals surface area contributed by atoms with E-state index in [0.717, 1.165) is 6.42 Å². The minimum Gasteiger partial charge on any atom is -0.267 e. The standard InChI is InChI=1S/C10H13NO/c1-4-5-6-7-8-9(2)10(12)11-3/h4,6-8H,1,3,5H2,2H3. The summed E-state index contributed by atoms with van der Waals surface area (Å²) in [6, 6.07) is 0. The zero-order chi connectivity index (χ0) is 9.40. The van der Waals surface area contributed by atoms with Gasteiger partial charge in [-0.3, -0.25) is 4.79 Å². The molecule has 12 heavy (non-hydrogen) atoms. The van der Waals surface area contributed by atoms with Crippen molar-refractivity contribution in [3.8, 4) is 0 Å². The molecule has 0 aromatic rings. The van der Waals surface area contributed by atoms with Crippen LogP contribution >= 0.6 is 0 Å². The van der Waals surface area contributed by atoms with E-state index in [-0.39, 0.29) is 5.91 Å². The molecule has 0 fully saturated rings. The van der Waals surface area contributed by atoms with Gasteiger partial charge in [0.1, 0.15) is 0 Å². The van der Waals surface area contributed by atoms with Gasteiger partial charge in [0.05, 0.1) is 0 Å². The van der Waals surface area contributed by atoms with Crippen LogP contribution in [0.25, 0.3) is 0 Å². The predicted octanol–water partition coefficient (Wildman–Crippen LogP) is 2.29. The molecule has 0 heterocycles. The van der Waals surface area contributed by atoms with Gasteiger partial charge in [0.25, 0.3) is 5.91 Å². The Bertz CT molecular complexity index is 236. The molecule has 64 valence electrons. The van der Waals surface area contributed by atoms with Crippen LogP contribution in [0.4, 0.5) is 0 Å². The Labute approximate surface area is 73.0 Å². The fourth-order valence-electron chi connectivity index (χ4n) is 0.583. The third kappa shape index (κ3) is 4.39. The molecular weight excluding hydrogens is 150 g/mol. The monoisotopic (exact) mass is 163 g/mol. The molecule has 0 atom stereocenters. The first-order chi connectivity index (χ1) is 5.72. The van der Waals surface area contributed by atoms with Crippen molar-refractivity contribution >= 4 is 12.6 Å². The minimum atomic E-state index is -0.279. The van der Waals surface area contributed by atoms with Crippen molar-refractivity contribution in [3.05, 3.63) is 36.5 Å². The van der Waals surface area contributed by atoms with Crippen molar-refractivity contribution in [1.29, 1.82) is 0 Å². The molecule has 0 aliphatic rings. The lowest BCUT2D eigenvalue weighted by Gasteiger charge is -1.88. The maximum Gasteiger partial charge on any atom is 0.272 e. The molecule has 0 saturated heterocycles. The van der Waals surface area contributed by atoms with Crippen LogP contribution in [-0.4, -0.2) is 12.6 Å². The molecule has 2 heteroatoms. The summed E-state index contributed by atoms with van der Waals surface area (Å²) >= 11 is 0. The summed E-state index contributed by atoms with van der Waals surface area (Å²) in [7, 11) is 0. The fraction of sp³-hybridized carbons (Fsp3) is 0.200. The molecule has 1 amide bonds. The van der Waals surface area contributed by atoms with Gasteiger partial charge in [-0.2, -0.15) is 0 Å². The number of hydrogen-bond donors (Lipinski definition) is 0. The second-order valence-corrected chi connectivity index (χ2v) is 2.27. The minimum absolute atomic E-state index is 0.279. The van der Waals surface area contributed by atoms with Crippen molar-refractivity contribution in [3.63, 3.8) is 0 Å². The number of amides is 1. The van der Waals surface area contributed by atoms with E-state index in [1.54, 1.807) is 25.2 Å². The Kier molecular flexibility index (Phi) is 5.53. The average Bonchev–Trinajstić information content (AvgIpc) is 2.10. The molecule has 0 saturated carbocycles. The Hall–Kier alpha value is -1.44. The van der Waals surface area contributed by atoms with E-state index >= 15 is 0 Å². The molecule has 0 aromatic carbocycles. The smallest absolute Gasteiger partial charge is 0.267 e. The molecule has 0 aromatic heterocycles. The maximum atomic E-state index is 10.8. The van der Waals surface area contributed by atoms with Crippen molar-refractivity contribution in [2.75, 3.05) is 0 Å². The van der Waals surface area contributed by atoms with Crippen LogP contribution in [0.15, 0.2) is 41.4 Å². The summed E-state index contributed by atoms with van der Waals surface area (Å²) in [4.78, 5) is 14.1. The summed E-state index contributed by atoms with van der Waals surface area (Å²) in [6.07, 6.45) is 8.01. The Balaban J connectivity index is 4.08. The zero-order valence-corrected chi connectivity index (χ0v) is 7.29. The molecule has 0 unspecified atom stereocenters. The lowest BCUT2D eigenvalue weighted by atomic mass is 10.2. The zero-order valence-electron chi connectivity index (χ0n) is 7.29.